The number of amides is 2. The molecule has 0 aliphatic heterocycles. The van der Waals surface area contributed by atoms with E-state index in [4.69, 9.17) is 10.7 Å². The maximum Gasteiger partial charge on any atom is 0.471 e. The summed E-state index contributed by atoms with van der Waals surface area (Å²) in [6.07, 6.45) is -3.15. The van der Waals surface area contributed by atoms with Crippen LogP contribution in [-0.4, -0.2) is 32.5 Å². The van der Waals surface area contributed by atoms with Gasteiger partial charge in [0.1, 0.15) is 9.90 Å². The maximum atomic E-state index is 12.4. The van der Waals surface area contributed by atoms with Crippen LogP contribution in [0.3, 0.4) is 0 Å². The molecule has 12 heteroatoms. The number of aryl methyl sites for hydroxylation is 1. The lowest BCUT2D eigenvalue weighted by Crippen LogP contribution is -2.45. The van der Waals surface area contributed by atoms with Crippen molar-refractivity contribution in [2.24, 2.45) is 5.92 Å². The molecule has 1 heterocycles. The summed E-state index contributed by atoms with van der Waals surface area (Å²) in [7, 11) is 1.28. The number of alkyl halides is 3. The molecule has 2 aliphatic rings. The Labute approximate surface area is 155 Å². The van der Waals surface area contributed by atoms with Crippen molar-refractivity contribution < 1.29 is 31.2 Å². The fourth-order valence-electron chi connectivity index (χ4n) is 2.85. The largest absolute Gasteiger partial charge is 0.471 e. The number of anilines is 1. The quantitative estimate of drug-likeness (QED) is 0.718. The molecule has 1 aromatic rings. The van der Waals surface area contributed by atoms with E-state index in [0.29, 0.717) is 4.88 Å². The lowest BCUT2D eigenvalue weighted by molar-refractivity contribution is -0.174. The zero-order valence-corrected chi connectivity index (χ0v) is 15.5. The van der Waals surface area contributed by atoms with Crippen molar-refractivity contribution in [1.29, 1.82) is 0 Å². The lowest BCUT2D eigenvalue weighted by atomic mass is 9.94. The Kier molecular flexibility index (Phi) is 4.99. The van der Waals surface area contributed by atoms with Crippen molar-refractivity contribution in [3.8, 4) is 0 Å². The molecule has 0 bridgehead atoms. The number of halogens is 4. The fraction of sp³-hybridized carbons (Fsp3) is 0.571. The van der Waals surface area contributed by atoms with Crippen molar-refractivity contribution in [2.45, 2.75) is 49.2 Å². The first-order chi connectivity index (χ1) is 12.0. The van der Waals surface area contributed by atoms with Gasteiger partial charge in [0.25, 0.3) is 9.05 Å². The van der Waals surface area contributed by atoms with Crippen LogP contribution in [0.2, 0.25) is 0 Å². The summed E-state index contributed by atoms with van der Waals surface area (Å²) in [5.74, 6) is -2.52. The second-order valence-electron chi connectivity index (χ2n) is 6.27. The number of carbonyl (C=O) groups excluding carboxylic acids is 2. The molecule has 0 unspecified atom stereocenters. The molecule has 1 aromatic heterocycles. The summed E-state index contributed by atoms with van der Waals surface area (Å²) < 4.78 is 61.3. The van der Waals surface area contributed by atoms with E-state index in [0.717, 1.165) is 24.2 Å². The minimum Gasteiger partial charge on any atom is -0.345 e. The normalized spacial score (nSPS) is 20.4. The van der Waals surface area contributed by atoms with Gasteiger partial charge in [-0.05, 0) is 37.7 Å². The zero-order chi connectivity index (χ0) is 19.3. The molecule has 6 nitrogen and oxygen atoms in total. The second-order valence-corrected chi connectivity index (χ2v) is 9.88. The highest BCUT2D eigenvalue weighted by Gasteiger charge is 2.41. The van der Waals surface area contributed by atoms with E-state index >= 15 is 0 Å². The topological polar surface area (TPSA) is 92.3 Å². The van der Waals surface area contributed by atoms with E-state index in [1.54, 1.807) is 0 Å². The highest BCUT2D eigenvalue weighted by atomic mass is 35.7. The molecule has 144 valence electrons. The average Bonchev–Trinajstić information content (AvgIpc) is 3.27. The van der Waals surface area contributed by atoms with Crippen molar-refractivity contribution in [3.05, 3.63) is 10.4 Å². The monoisotopic (exact) mass is 430 g/mol. The fourth-order valence-corrected chi connectivity index (χ4v) is 5.93. The Morgan fingerprint density at radius 3 is 2.38 bits per heavy atom. The van der Waals surface area contributed by atoms with Crippen LogP contribution >= 0.6 is 22.0 Å². The molecule has 3 rings (SSSR count). The van der Waals surface area contributed by atoms with Crippen LogP contribution in [0.15, 0.2) is 4.90 Å². The number of hydrogen-bond donors (Lipinski definition) is 2. The van der Waals surface area contributed by atoms with E-state index in [-0.39, 0.29) is 46.5 Å². The molecule has 1 fully saturated rings. The van der Waals surface area contributed by atoms with Crippen molar-refractivity contribution >= 4 is 47.9 Å². The Bertz CT molecular complexity index is 862. The van der Waals surface area contributed by atoms with E-state index in [2.05, 4.69) is 5.32 Å². The number of fused-ring (bicyclic) bond motifs is 1. The van der Waals surface area contributed by atoms with Gasteiger partial charge >= 0.3 is 12.1 Å². The third-order valence-corrected chi connectivity index (χ3v) is 6.97. The highest BCUT2D eigenvalue weighted by Crippen LogP contribution is 2.43. The van der Waals surface area contributed by atoms with Crippen molar-refractivity contribution in [3.63, 3.8) is 0 Å². The van der Waals surface area contributed by atoms with E-state index in [1.807, 2.05) is 5.32 Å². The predicted octanol–water partition coefficient (Wildman–Crippen LogP) is 2.56. The van der Waals surface area contributed by atoms with E-state index < -0.39 is 27.2 Å². The first-order valence-corrected chi connectivity index (χ1v) is 10.9. The molecule has 0 spiro atoms. The van der Waals surface area contributed by atoms with Gasteiger partial charge in [-0.2, -0.15) is 13.2 Å². The van der Waals surface area contributed by atoms with E-state index in [1.165, 1.54) is 0 Å². The molecule has 2 amide bonds. The maximum absolute atomic E-state index is 12.4. The zero-order valence-electron chi connectivity index (χ0n) is 13.2. The average molecular weight is 431 g/mol. The number of rotatable bonds is 4. The van der Waals surface area contributed by atoms with Crippen LogP contribution in [0.25, 0.3) is 0 Å². The Balaban J connectivity index is 1.87. The Hall–Kier alpha value is -1.33. The van der Waals surface area contributed by atoms with Gasteiger partial charge in [0, 0.05) is 27.5 Å². The van der Waals surface area contributed by atoms with Gasteiger partial charge in [0.15, 0.2) is 0 Å². The molecular weight excluding hydrogens is 417 g/mol. The van der Waals surface area contributed by atoms with Gasteiger partial charge in [-0.15, -0.1) is 11.3 Å². The molecule has 0 radical (unpaired) electrons. The number of nitrogens with one attached hydrogen (secondary N) is 2. The predicted molar refractivity (Wildman–Crippen MR) is 88.7 cm³/mol. The third kappa shape index (κ3) is 4.15. The summed E-state index contributed by atoms with van der Waals surface area (Å²) in [6.45, 7) is 0. The minimum atomic E-state index is -5.01. The Morgan fingerprint density at radius 2 is 1.85 bits per heavy atom. The van der Waals surface area contributed by atoms with E-state index in [9.17, 15) is 31.2 Å². The van der Waals surface area contributed by atoms with Crippen LogP contribution in [0.1, 0.15) is 29.7 Å². The SMILES string of the molecule is O=C(Nc1sc2c(c1S(=O)(=O)Cl)C[C@@H](NC(=O)C(F)(F)F)CC2)C1CC1. The van der Waals surface area contributed by atoms with Gasteiger partial charge in [-0.3, -0.25) is 9.59 Å². The Morgan fingerprint density at radius 1 is 1.19 bits per heavy atom. The molecule has 1 atom stereocenters. The number of carbonyl (C=O) groups is 2. The number of thiophene rings is 1. The van der Waals surface area contributed by atoms with Crippen LogP contribution in [0.5, 0.6) is 0 Å². The molecular formula is C14H14ClF3N2O4S2. The second kappa shape index (κ2) is 6.68. The standard InChI is InChI=1S/C14H14ClF3N2O4S2/c15-26(23,24)10-8-5-7(19-13(22)14(16,17)18)3-4-9(8)25-12(10)20-11(21)6-1-2-6/h6-7H,1-5H2,(H,19,22)(H,20,21)/t7-/m0/s1. The molecule has 0 saturated heterocycles. The van der Waals surface area contributed by atoms with Gasteiger partial charge in [0.05, 0.1) is 0 Å². The highest BCUT2D eigenvalue weighted by molar-refractivity contribution is 8.14. The van der Waals surface area contributed by atoms with Crippen molar-refractivity contribution in [2.75, 3.05) is 5.32 Å². The minimum absolute atomic E-state index is 0.0877. The lowest BCUT2D eigenvalue weighted by Gasteiger charge is -2.24. The first-order valence-electron chi connectivity index (χ1n) is 7.74. The van der Waals surface area contributed by atoms with Crippen LogP contribution in [0.4, 0.5) is 18.2 Å². The smallest absolute Gasteiger partial charge is 0.345 e. The van der Waals surface area contributed by atoms with Gasteiger partial charge < -0.3 is 10.6 Å². The van der Waals surface area contributed by atoms with Gasteiger partial charge in [-0.1, -0.05) is 0 Å². The summed E-state index contributed by atoms with van der Waals surface area (Å²) in [4.78, 5) is 23.4. The summed E-state index contributed by atoms with van der Waals surface area (Å²) in [6, 6.07) is -0.865. The van der Waals surface area contributed by atoms with Gasteiger partial charge in [-0.25, -0.2) is 8.42 Å². The van der Waals surface area contributed by atoms with Crippen molar-refractivity contribution in [1.82, 2.24) is 5.32 Å². The summed E-state index contributed by atoms with van der Waals surface area (Å²) in [5.41, 5.74) is 0.259. The molecule has 0 aromatic carbocycles. The van der Waals surface area contributed by atoms with Gasteiger partial charge in [0.2, 0.25) is 5.91 Å². The molecule has 1 saturated carbocycles. The van der Waals surface area contributed by atoms with Crippen LogP contribution in [-0.2, 0) is 31.5 Å². The third-order valence-electron chi connectivity index (χ3n) is 4.23. The van der Waals surface area contributed by atoms with Crippen LogP contribution in [0, 0.1) is 5.92 Å². The first kappa shape index (κ1) is 19.4. The summed E-state index contributed by atoms with van der Waals surface area (Å²) >= 11 is 1.06. The molecule has 26 heavy (non-hydrogen) atoms. The molecule has 2 N–H and O–H groups in total. The number of hydrogen-bond acceptors (Lipinski definition) is 5. The summed E-state index contributed by atoms with van der Waals surface area (Å²) in [5, 5.41) is 4.52. The van der Waals surface area contributed by atoms with Crippen LogP contribution < -0.4 is 10.6 Å². The molecule has 2 aliphatic carbocycles.